The van der Waals surface area contributed by atoms with Crippen LogP contribution in [0.15, 0.2) is 40.8 Å². The van der Waals surface area contributed by atoms with Gasteiger partial charge < -0.3 is 9.47 Å². The quantitative estimate of drug-likeness (QED) is 0.733. The summed E-state index contributed by atoms with van der Waals surface area (Å²) in [6.45, 7) is 0. The molecule has 2 atom stereocenters. The highest BCUT2D eigenvalue weighted by Crippen LogP contribution is 2.37. The molecule has 0 aromatic rings. The van der Waals surface area contributed by atoms with Gasteiger partial charge in [-0.2, -0.15) is 13.2 Å². The number of hydrogen-bond acceptors (Lipinski definition) is 4. The lowest BCUT2D eigenvalue weighted by atomic mass is 9.83. The topological polar surface area (TPSA) is 47.9 Å². The molecule has 0 aromatic heterocycles. The summed E-state index contributed by atoms with van der Waals surface area (Å²) in [4.78, 5) is 15.2. The lowest BCUT2D eigenvalue weighted by Crippen LogP contribution is -2.31. The molecule has 108 valence electrons. The number of rotatable bonds is 2. The Kier molecular flexibility index (Phi) is 3.69. The van der Waals surface area contributed by atoms with Crippen molar-refractivity contribution in [2.24, 2.45) is 16.8 Å². The van der Waals surface area contributed by atoms with Gasteiger partial charge in [-0.15, -0.1) is 0 Å². The number of allylic oxidation sites excluding steroid dienone is 3. The molecule has 0 amide bonds. The Balaban J connectivity index is 2.44. The first-order chi connectivity index (χ1) is 9.38. The average Bonchev–Trinajstić information content (AvgIpc) is 2.43. The van der Waals surface area contributed by atoms with Gasteiger partial charge in [0.1, 0.15) is 11.5 Å². The number of carbonyl (C=O) groups excluding carboxylic acids is 1. The van der Waals surface area contributed by atoms with Crippen molar-refractivity contribution in [1.82, 2.24) is 0 Å². The van der Waals surface area contributed by atoms with Gasteiger partial charge in [0.2, 0.25) is 0 Å². The Hall–Kier alpha value is -2.05. The summed E-state index contributed by atoms with van der Waals surface area (Å²) in [5, 5.41) is 0. The molecule has 0 bridgehead atoms. The van der Waals surface area contributed by atoms with Crippen LogP contribution in [0.5, 0.6) is 0 Å². The second-order valence-electron chi connectivity index (χ2n) is 4.24. The Labute approximate surface area is 113 Å². The maximum absolute atomic E-state index is 12.7. The van der Waals surface area contributed by atoms with Gasteiger partial charge in [-0.1, -0.05) is 12.2 Å². The standard InChI is InChI=1S/C13H12F3NO3/c1-19-9-5-3-8(12(18)20-2)7-4-6-10(13(14,15)16)17-11(7)9/h3-8H,1-2H3. The number of alkyl halides is 3. The Morgan fingerprint density at radius 3 is 2.50 bits per heavy atom. The molecule has 20 heavy (non-hydrogen) atoms. The number of methoxy groups -OCH3 is 2. The van der Waals surface area contributed by atoms with E-state index in [9.17, 15) is 18.0 Å². The van der Waals surface area contributed by atoms with Crippen LogP contribution in [0.25, 0.3) is 0 Å². The van der Waals surface area contributed by atoms with Gasteiger partial charge in [0.25, 0.3) is 0 Å². The number of halogens is 3. The first-order valence-electron chi connectivity index (χ1n) is 5.76. The van der Waals surface area contributed by atoms with Crippen LogP contribution < -0.4 is 0 Å². The lowest BCUT2D eigenvalue weighted by molar-refractivity contribution is -0.144. The highest BCUT2D eigenvalue weighted by Gasteiger charge is 2.40. The minimum Gasteiger partial charge on any atom is -0.495 e. The smallest absolute Gasteiger partial charge is 0.433 e. The van der Waals surface area contributed by atoms with E-state index in [4.69, 9.17) is 4.74 Å². The van der Waals surface area contributed by atoms with E-state index in [1.54, 1.807) is 0 Å². The number of esters is 1. The van der Waals surface area contributed by atoms with Crippen molar-refractivity contribution in [2.75, 3.05) is 14.2 Å². The summed E-state index contributed by atoms with van der Waals surface area (Å²) in [5.41, 5.74) is -0.933. The van der Waals surface area contributed by atoms with E-state index in [-0.39, 0.29) is 11.5 Å². The molecule has 1 aliphatic heterocycles. The number of hydrogen-bond donors (Lipinski definition) is 0. The third-order valence-electron chi connectivity index (χ3n) is 3.10. The maximum atomic E-state index is 12.7. The largest absolute Gasteiger partial charge is 0.495 e. The van der Waals surface area contributed by atoms with Gasteiger partial charge in [0.15, 0.2) is 0 Å². The highest BCUT2D eigenvalue weighted by molar-refractivity contribution is 6.01. The van der Waals surface area contributed by atoms with E-state index < -0.39 is 29.7 Å². The number of ether oxygens (including phenoxy) is 2. The molecule has 0 saturated heterocycles. The first kappa shape index (κ1) is 14.4. The zero-order valence-corrected chi connectivity index (χ0v) is 10.8. The summed E-state index contributed by atoms with van der Waals surface area (Å²) in [7, 11) is 2.56. The molecule has 0 aromatic carbocycles. The van der Waals surface area contributed by atoms with Gasteiger partial charge in [-0.25, -0.2) is 4.99 Å². The molecular formula is C13H12F3NO3. The number of fused-ring (bicyclic) bond motifs is 1. The van der Waals surface area contributed by atoms with E-state index >= 15 is 0 Å². The highest BCUT2D eigenvalue weighted by atomic mass is 19.4. The van der Waals surface area contributed by atoms with Crippen molar-refractivity contribution in [1.29, 1.82) is 0 Å². The normalized spacial score (nSPS) is 25.1. The summed E-state index contributed by atoms with van der Waals surface area (Å²) in [6, 6.07) is 0. The van der Waals surface area contributed by atoms with Gasteiger partial charge >= 0.3 is 12.1 Å². The molecule has 0 spiro atoms. The Bertz CT molecular complexity index is 544. The molecule has 4 nitrogen and oxygen atoms in total. The van der Waals surface area contributed by atoms with Crippen molar-refractivity contribution in [3.05, 3.63) is 35.8 Å². The fourth-order valence-electron chi connectivity index (χ4n) is 2.12. The zero-order valence-electron chi connectivity index (χ0n) is 10.8. The molecule has 1 heterocycles. The Morgan fingerprint density at radius 1 is 1.25 bits per heavy atom. The molecule has 0 saturated carbocycles. The molecule has 2 unspecified atom stereocenters. The van der Waals surface area contributed by atoms with E-state index in [0.29, 0.717) is 0 Å². The summed E-state index contributed by atoms with van der Waals surface area (Å²) < 4.78 is 47.8. The van der Waals surface area contributed by atoms with Gasteiger partial charge in [0, 0.05) is 5.92 Å². The number of nitrogens with zero attached hydrogens (tertiary/aromatic N) is 1. The molecular weight excluding hydrogens is 275 g/mol. The summed E-state index contributed by atoms with van der Waals surface area (Å²) >= 11 is 0. The first-order valence-corrected chi connectivity index (χ1v) is 5.76. The van der Waals surface area contributed by atoms with E-state index in [0.717, 1.165) is 6.08 Å². The van der Waals surface area contributed by atoms with E-state index in [1.165, 1.54) is 32.4 Å². The third kappa shape index (κ3) is 2.48. The molecule has 0 radical (unpaired) electrons. The number of dihydropyridines is 1. The average molecular weight is 287 g/mol. The van der Waals surface area contributed by atoms with Crippen molar-refractivity contribution in [2.45, 2.75) is 6.18 Å². The second-order valence-corrected chi connectivity index (χ2v) is 4.24. The monoisotopic (exact) mass is 287 g/mol. The number of carbonyl (C=O) groups is 1. The SMILES string of the molecule is COC(=O)C1C=CC(OC)=C2N=C(C(F)(F)F)C=CC21. The number of aliphatic imine (C=N–C) groups is 1. The van der Waals surface area contributed by atoms with Crippen molar-refractivity contribution < 1.29 is 27.4 Å². The fraction of sp³-hybridized carbons (Fsp3) is 0.385. The predicted molar refractivity (Wildman–Crippen MR) is 64.8 cm³/mol. The summed E-state index contributed by atoms with van der Waals surface area (Å²) in [6.07, 6.45) is 0.600. The van der Waals surface area contributed by atoms with Gasteiger partial charge in [-0.05, 0) is 12.2 Å². The van der Waals surface area contributed by atoms with Crippen LogP contribution in [0, 0.1) is 11.8 Å². The van der Waals surface area contributed by atoms with E-state index in [1.807, 2.05) is 0 Å². The minimum atomic E-state index is -4.55. The second kappa shape index (κ2) is 5.15. The maximum Gasteiger partial charge on any atom is 0.433 e. The molecule has 2 rings (SSSR count). The van der Waals surface area contributed by atoms with Crippen LogP contribution >= 0.6 is 0 Å². The molecule has 0 N–H and O–H groups in total. The molecule has 7 heteroatoms. The van der Waals surface area contributed by atoms with Gasteiger partial charge in [-0.3, -0.25) is 4.79 Å². The van der Waals surface area contributed by atoms with Crippen molar-refractivity contribution in [3.8, 4) is 0 Å². The van der Waals surface area contributed by atoms with Crippen LogP contribution in [0.3, 0.4) is 0 Å². The summed E-state index contributed by atoms with van der Waals surface area (Å²) in [5.74, 6) is -1.65. The third-order valence-corrected chi connectivity index (χ3v) is 3.10. The molecule has 1 aliphatic carbocycles. The Morgan fingerprint density at radius 2 is 1.95 bits per heavy atom. The van der Waals surface area contributed by atoms with Crippen molar-refractivity contribution >= 4 is 11.7 Å². The van der Waals surface area contributed by atoms with Gasteiger partial charge in [0.05, 0.1) is 25.8 Å². The minimum absolute atomic E-state index is 0.0835. The van der Waals surface area contributed by atoms with Crippen LogP contribution in [0.2, 0.25) is 0 Å². The zero-order chi connectivity index (χ0) is 14.9. The van der Waals surface area contributed by atoms with Crippen LogP contribution in [0.1, 0.15) is 0 Å². The predicted octanol–water partition coefficient (Wildman–Crippen LogP) is 2.39. The van der Waals surface area contributed by atoms with Crippen molar-refractivity contribution in [3.63, 3.8) is 0 Å². The van der Waals surface area contributed by atoms with Crippen LogP contribution in [0.4, 0.5) is 13.2 Å². The van der Waals surface area contributed by atoms with Crippen LogP contribution in [-0.2, 0) is 14.3 Å². The molecule has 0 fully saturated rings. The van der Waals surface area contributed by atoms with E-state index in [2.05, 4.69) is 9.73 Å². The lowest BCUT2D eigenvalue weighted by Gasteiger charge is -2.28. The molecule has 2 aliphatic rings. The van der Waals surface area contributed by atoms with Crippen LogP contribution in [-0.4, -0.2) is 32.1 Å². The fourth-order valence-corrected chi connectivity index (χ4v) is 2.12.